The molecule has 0 radical (unpaired) electrons. The number of ether oxygens (including phenoxy) is 1. The highest BCUT2D eigenvalue weighted by Crippen LogP contribution is 2.18. The highest BCUT2D eigenvalue weighted by atomic mass is 16.5. The maximum Gasteiger partial charge on any atom is 0.335 e. The standard InChI is InChI=1S/C10H13NO3/c1-2-3-14-9-5-7(10(12)13)4-8(11)6-9/h4-6H,2-3,11H2,1H3,(H,12,13). The molecule has 0 atom stereocenters. The van der Waals surface area contributed by atoms with Gasteiger partial charge in [-0.15, -0.1) is 0 Å². The normalized spacial score (nSPS) is 9.79. The molecular formula is C10H13NO3. The first-order chi connectivity index (χ1) is 6.63. The van der Waals surface area contributed by atoms with E-state index in [0.29, 0.717) is 18.0 Å². The van der Waals surface area contributed by atoms with Crippen LogP contribution in [-0.4, -0.2) is 17.7 Å². The lowest BCUT2D eigenvalue weighted by molar-refractivity contribution is 0.0696. The lowest BCUT2D eigenvalue weighted by atomic mass is 10.2. The second-order valence-electron chi connectivity index (χ2n) is 2.94. The molecule has 0 bridgehead atoms. The lowest BCUT2D eigenvalue weighted by Crippen LogP contribution is -2.01. The van der Waals surface area contributed by atoms with Crippen molar-refractivity contribution in [2.75, 3.05) is 12.3 Å². The summed E-state index contributed by atoms with van der Waals surface area (Å²) in [4.78, 5) is 10.7. The van der Waals surface area contributed by atoms with Gasteiger partial charge < -0.3 is 15.6 Å². The minimum absolute atomic E-state index is 0.149. The zero-order valence-electron chi connectivity index (χ0n) is 7.99. The number of aromatic carboxylic acids is 1. The van der Waals surface area contributed by atoms with E-state index in [9.17, 15) is 4.79 Å². The minimum Gasteiger partial charge on any atom is -0.494 e. The van der Waals surface area contributed by atoms with Crippen LogP contribution in [0.1, 0.15) is 23.7 Å². The first-order valence-electron chi connectivity index (χ1n) is 4.40. The monoisotopic (exact) mass is 195 g/mol. The van der Waals surface area contributed by atoms with Crippen LogP contribution >= 0.6 is 0 Å². The summed E-state index contributed by atoms with van der Waals surface area (Å²) < 4.78 is 5.28. The summed E-state index contributed by atoms with van der Waals surface area (Å²) in [5.74, 6) is -0.497. The molecule has 0 amide bonds. The summed E-state index contributed by atoms with van der Waals surface area (Å²) in [6.07, 6.45) is 0.872. The number of benzene rings is 1. The third-order valence-electron chi connectivity index (χ3n) is 1.65. The SMILES string of the molecule is CCCOc1cc(N)cc(C(=O)O)c1. The molecule has 76 valence electrons. The summed E-state index contributed by atoms with van der Waals surface area (Å²) >= 11 is 0. The molecule has 4 heteroatoms. The van der Waals surface area contributed by atoms with Crippen LogP contribution < -0.4 is 10.5 Å². The van der Waals surface area contributed by atoms with Gasteiger partial charge in [0.05, 0.1) is 12.2 Å². The molecule has 0 saturated carbocycles. The Morgan fingerprint density at radius 3 is 2.79 bits per heavy atom. The van der Waals surface area contributed by atoms with Crippen LogP contribution in [0.25, 0.3) is 0 Å². The fourth-order valence-electron chi connectivity index (χ4n) is 1.05. The minimum atomic E-state index is -1.00. The van der Waals surface area contributed by atoms with Gasteiger partial charge >= 0.3 is 5.97 Å². The highest BCUT2D eigenvalue weighted by molar-refractivity contribution is 5.89. The fraction of sp³-hybridized carbons (Fsp3) is 0.300. The van der Waals surface area contributed by atoms with Crippen molar-refractivity contribution in [2.24, 2.45) is 0 Å². The Hall–Kier alpha value is -1.71. The molecule has 0 saturated heterocycles. The van der Waals surface area contributed by atoms with E-state index < -0.39 is 5.97 Å². The van der Waals surface area contributed by atoms with E-state index in [1.54, 1.807) is 6.07 Å². The molecule has 0 aliphatic carbocycles. The molecule has 0 spiro atoms. The Balaban J connectivity index is 2.89. The Morgan fingerprint density at radius 1 is 1.50 bits per heavy atom. The number of nitrogens with two attached hydrogens (primary N) is 1. The number of rotatable bonds is 4. The average Bonchev–Trinajstić information content (AvgIpc) is 2.14. The number of anilines is 1. The third-order valence-corrected chi connectivity index (χ3v) is 1.65. The molecule has 1 aromatic rings. The molecule has 0 aliphatic heterocycles. The average molecular weight is 195 g/mol. The summed E-state index contributed by atoms with van der Waals surface area (Å²) in [5.41, 5.74) is 6.07. The van der Waals surface area contributed by atoms with Gasteiger partial charge in [0, 0.05) is 11.8 Å². The van der Waals surface area contributed by atoms with E-state index in [1.807, 2.05) is 6.92 Å². The van der Waals surface area contributed by atoms with Crippen molar-refractivity contribution in [1.82, 2.24) is 0 Å². The Labute approximate surface area is 82.3 Å². The summed E-state index contributed by atoms with van der Waals surface area (Å²) in [6.45, 7) is 2.53. The highest BCUT2D eigenvalue weighted by Gasteiger charge is 2.05. The summed E-state index contributed by atoms with van der Waals surface area (Å²) in [5, 5.41) is 8.75. The fourth-order valence-corrected chi connectivity index (χ4v) is 1.05. The zero-order chi connectivity index (χ0) is 10.6. The maximum atomic E-state index is 10.7. The van der Waals surface area contributed by atoms with Crippen molar-refractivity contribution in [1.29, 1.82) is 0 Å². The third kappa shape index (κ3) is 2.65. The number of carbonyl (C=O) groups is 1. The van der Waals surface area contributed by atoms with Crippen LogP contribution in [0.3, 0.4) is 0 Å². The van der Waals surface area contributed by atoms with E-state index in [0.717, 1.165) is 6.42 Å². The molecule has 1 rings (SSSR count). The molecule has 14 heavy (non-hydrogen) atoms. The van der Waals surface area contributed by atoms with Gasteiger partial charge in [-0.1, -0.05) is 6.92 Å². The van der Waals surface area contributed by atoms with Gasteiger partial charge in [0.2, 0.25) is 0 Å². The van der Waals surface area contributed by atoms with Gasteiger partial charge in [-0.2, -0.15) is 0 Å². The predicted octanol–water partition coefficient (Wildman–Crippen LogP) is 1.76. The predicted molar refractivity (Wildman–Crippen MR) is 53.6 cm³/mol. The molecule has 0 fully saturated rings. The Morgan fingerprint density at radius 2 is 2.21 bits per heavy atom. The maximum absolute atomic E-state index is 10.7. The molecule has 3 N–H and O–H groups in total. The number of nitrogen functional groups attached to an aromatic ring is 1. The zero-order valence-corrected chi connectivity index (χ0v) is 7.99. The first kappa shape index (κ1) is 10.4. The van der Waals surface area contributed by atoms with Crippen molar-refractivity contribution >= 4 is 11.7 Å². The van der Waals surface area contributed by atoms with Crippen LogP contribution in [0, 0.1) is 0 Å². The topological polar surface area (TPSA) is 72.5 Å². The van der Waals surface area contributed by atoms with Crippen molar-refractivity contribution in [3.05, 3.63) is 23.8 Å². The van der Waals surface area contributed by atoms with Crippen LogP contribution in [-0.2, 0) is 0 Å². The first-order valence-corrected chi connectivity index (χ1v) is 4.40. The molecule has 0 aliphatic rings. The van der Waals surface area contributed by atoms with Gasteiger partial charge in [-0.05, 0) is 18.6 Å². The Kier molecular flexibility index (Phi) is 3.34. The molecule has 0 heterocycles. The van der Waals surface area contributed by atoms with E-state index in [1.165, 1.54) is 12.1 Å². The molecule has 0 aromatic heterocycles. The van der Waals surface area contributed by atoms with Crippen molar-refractivity contribution in [2.45, 2.75) is 13.3 Å². The van der Waals surface area contributed by atoms with Crippen molar-refractivity contribution in [3.63, 3.8) is 0 Å². The lowest BCUT2D eigenvalue weighted by Gasteiger charge is -2.06. The second kappa shape index (κ2) is 4.50. The Bertz CT molecular complexity index is 336. The van der Waals surface area contributed by atoms with E-state index in [-0.39, 0.29) is 5.56 Å². The smallest absolute Gasteiger partial charge is 0.335 e. The quantitative estimate of drug-likeness (QED) is 0.718. The number of hydrogen-bond donors (Lipinski definition) is 2. The van der Waals surface area contributed by atoms with Crippen LogP contribution in [0.2, 0.25) is 0 Å². The van der Waals surface area contributed by atoms with E-state index >= 15 is 0 Å². The number of carboxylic acids is 1. The molecule has 0 unspecified atom stereocenters. The van der Waals surface area contributed by atoms with Gasteiger partial charge in [0.15, 0.2) is 0 Å². The second-order valence-corrected chi connectivity index (χ2v) is 2.94. The van der Waals surface area contributed by atoms with Gasteiger partial charge in [-0.3, -0.25) is 0 Å². The van der Waals surface area contributed by atoms with Crippen LogP contribution in [0.4, 0.5) is 5.69 Å². The van der Waals surface area contributed by atoms with Crippen molar-refractivity contribution in [3.8, 4) is 5.75 Å². The largest absolute Gasteiger partial charge is 0.494 e. The van der Waals surface area contributed by atoms with E-state index in [2.05, 4.69) is 0 Å². The van der Waals surface area contributed by atoms with E-state index in [4.69, 9.17) is 15.6 Å². The van der Waals surface area contributed by atoms with Crippen LogP contribution in [0.5, 0.6) is 5.75 Å². The number of carboxylic acid groups (broad SMARTS) is 1. The van der Waals surface area contributed by atoms with Gasteiger partial charge in [0.1, 0.15) is 5.75 Å². The number of hydrogen-bond acceptors (Lipinski definition) is 3. The summed E-state index contributed by atoms with van der Waals surface area (Å²) in [6, 6.07) is 4.48. The van der Waals surface area contributed by atoms with Gasteiger partial charge in [0.25, 0.3) is 0 Å². The van der Waals surface area contributed by atoms with Crippen LogP contribution in [0.15, 0.2) is 18.2 Å². The summed E-state index contributed by atoms with van der Waals surface area (Å²) in [7, 11) is 0. The molecule has 1 aromatic carbocycles. The molecule has 4 nitrogen and oxygen atoms in total. The van der Waals surface area contributed by atoms with Crippen molar-refractivity contribution < 1.29 is 14.6 Å². The van der Waals surface area contributed by atoms with Gasteiger partial charge in [-0.25, -0.2) is 4.79 Å². The molecular weight excluding hydrogens is 182 g/mol.